The van der Waals surface area contributed by atoms with Crippen LogP contribution in [0.4, 0.5) is 11.4 Å². The molecule has 0 aliphatic rings. The lowest BCUT2D eigenvalue weighted by atomic mass is 10.2. The monoisotopic (exact) mass is 310 g/mol. The quantitative estimate of drug-likeness (QED) is 0.900. The number of carbonyl (C=O) groups excluding carboxylic acids is 1. The Morgan fingerprint density at radius 3 is 2.52 bits per heavy atom. The van der Waals surface area contributed by atoms with E-state index in [2.05, 4.69) is 10.4 Å². The molecular weight excluding hydrogens is 296 g/mol. The van der Waals surface area contributed by atoms with Crippen LogP contribution in [0.25, 0.3) is 0 Å². The number of carbonyl (C=O) groups is 1. The summed E-state index contributed by atoms with van der Waals surface area (Å²) in [5.41, 5.74) is 6.54. The third-order valence-corrected chi connectivity index (χ3v) is 3.09. The Bertz CT molecular complexity index is 684. The second-order valence-corrected chi connectivity index (χ2v) is 4.66. The first-order valence-corrected chi connectivity index (χ1v) is 6.36. The number of methoxy groups -OCH3 is 2. The second-order valence-electron chi connectivity index (χ2n) is 4.25. The molecule has 0 radical (unpaired) electrons. The van der Waals surface area contributed by atoms with Gasteiger partial charge in [0.05, 0.1) is 30.6 Å². The molecule has 7 nitrogen and oxygen atoms in total. The molecule has 0 saturated heterocycles. The van der Waals surface area contributed by atoms with Gasteiger partial charge in [0.2, 0.25) is 0 Å². The first kappa shape index (κ1) is 15.0. The molecule has 2 aromatic rings. The maximum Gasteiger partial charge on any atom is 0.278 e. The number of nitrogen functional groups attached to an aromatic ring is 1. The SMILES string of the molecule is COc1cc(OC)c(NC(=O)c2nn(C)cc2N)cc1Cl. The van der Waals surface area contributed by atoms with Crippen LogP contribution in [-0.2, 0) is 7.05 Å². The van der Waals surface area contributed by atoms with Crippen molar-refractivity contribution in [2.75, 3.05) is 25.3 Å². The summed E-state index contributed by atoms with van der Waals surface area (Å²) in [5.74, 6) is 0.413. The van der Waals surface area contributed by atoms with Gasteiger partial charge in [-0.1, -0.05) is 11.6 Å². The normalized spacial score (nSPS) is 10.3. The van der Waals surface area contributed by atoms with Crippen molar-refractivity contribution in [3.8, 4) is 11.5 Å². The van der Waals surface area contributed by atoms with E-state index in [1.165, 1.54) is 25.0 Å². The minimum atomic E-state index is -0.451. The lowest BCUT2D eigenvalue weighted by molar-refractivity contribution is 0.102. The zero-order chi connectivity index (χ0) is 15.6. The Hall–Kier alpha value is -2.41. The molecule has 8 heteroatoms. The third-order valence-electron chi connectivity index (χ3n) is 2.79. The number of anilines is 2. The van der Waals surface area contributed by atoms with Crippen molar-refractivity contribution in [2.24, 2.45) is 7.05 Å². The fourth-order valence-electron chi connectivity index (χ4n) is 1.82. The number of rotatable bonds is 4. The molecule has 0 aliphatic carbocycles. The number of nitrogens with one attached hydrogen (secondary N) is 1. The van der Waals surface area contributed by atoms with Gasteiger partial charge >= 0.3 is 0 Å². The van der Waals surface area contributed by atoms with Crippen molar-refractivity contribution in [3.63, 3.8) is 0 Å². The van der Waals surface area contributed by atoms with Crippen LogP contribution in [0.15, 0.2) is 18.3 Å². The van der Waals surface area contributed by atoms with Gasteiger partial charge in [-0.25, -0.2) is 0 Å². The maximum absolute atomic E-state index is 12.2. The number of benzene rings is 1. The summed E-state index contributed by atoms with van der Waals surface area (Å²) < 4.78 is 11.8. The molecule has 0 unspecified atom stereocenters. The van der Waals surface area contributed by atoms with Gasteiger partial charge in [0, 0.05) is 19.3 Å². The van der Waals surface area contributed by atoms with Gasteiger partial charge in [0.1, 0.15) is 11.5 Å². The van der Waals surface area contributed by atoms with E-state index < -0.39 is 5.91 Å². The summed E-state index contributed by atoms with van der Waals surface area (Å²) in [4.78, 5) is 12.2. The van der Waals surface area contributed by atoms with Crippen LogP contribution in [0.2, 0.25) is 5.02 Å². The third kappa shape index (κ3) is 3.03. The highest BCUT2D eigenvalue weighted by Gasteiger charge is 2.17. The molecular formula is C13H15ClN4O3. The van der Waals surface area contributed by atoms with E-state index >= 15 is 0 Å². The van der Waals surface area contributed by atoms with Crippen LogP contribution >= 0.6 is 11.6 Å². The molecule has 0 saturated carbocycles. The molecule has 1 heterocycles. The molecule has 0 atom stereocenters. The first-order chi connectivity index (χ1) is 9.96. The molecule has 21 heavy (non-hydrogen) atoms. The topological polar surface area (TPSA) is 91.4 Å². The van der Waals surface area contributed by atoms with Gasteiger partial charge in [-0.15, -0.1) is 0 Å². The van der Waals surface area contributed by atoms with Crippen LogP contribution in [0.5, 0.6) is 11.5 Å². The van der Waals surface area contributed by atoms with Gasteiger partial charge in [-0.3, -0.25) is 9.48 Å². The molecule has 0 fully saturated rings. The summed E-state index contributed by atoms with van der Waals surface area (Å²) in [6.45, 7) is 0. The van der Waals surface area contributed by atoms with Crippen molar-refractivity contribution in [1.29, 1.82) is 0 Å². The van der Waals surface area contributed by atoms with E-state index in [1.54, 1.807) is 19.3 Å². The van der Waals surface area contributed by atoms with Gasteiger partial charge in [0.25, 0.3) is 5.91 Å². The molecule has 1 amide bonds. The number of ether oxygens (including phenoxy) is 2. The van der Waals surface area contributed by atoms with Crippen LogP contribution < -0.4 is 20.5 Å². The Kier molecular flexibility index (Phi) is 4.23. The lowest BCUT2D eigenvalue weighted by Gasteiger charge is -2.12. The maximum atomic E-state index is 12.2. The van der Waals surface area contributed by atoms with Gasteiger partial charge in [-0.05, 0) is 6.07 Å². The fraction of sp³-hybridized carbons (Fsp3) is 0.231. The van der Waals surface area contributed by atoms with Crippen LogP contribution in [-0.4, -0.2) is 29.9 Å². The molecule has 2 rings (SSSR count). The predicted octanol–water partition coefficient (Wildman–Crippen LogP) is 1.93. The number of aryl methyl sites for hydroxylation is 1. The van der Waals surface area contributed by atoms with E-state index in [1.807, 2.05) is 0 Å². The first-order valence-electron chi connectivity index (χ1n) is 5.98. The number of halogens is 1. The van der Waals surface area contributed by atoms with Crippen molar-refractivity contribution in [2.45, 2.75) is 0 Å². The molecule has 0 aliphatic heterocycles. The number of nitrogens with zero attached hydrogens (tertiary/aromatic N) is 2. The van der Waals surface area contributed by atoms with Crippen molar-refractivity contribution >= 4 is 28.9 Å². The highest BCUT2D eigenvalue weighted by atomic mass is 35.5. The summed E-state index contributed by atoms with van der Waals surface area (Å²) in [6.07, 6.45) is 1.55. The van der Waals surface area contributed by atoms with Gasteiger partial charge in [0.15, 0.2) is 5.69 Å². The minimum Gasteiger partial charge on any atom is -0.495 e. The van der Waals surface area contributed by atoms with E-state index in [-0.39, 0.29) is 11.4 Å². The molecule has 1 aromatic carbocycles. The van der Waals surface area contributed by atoms with Crippen LogP contribution in [0.3, 0.4) is 0 Å². The standard InChI is InChI=1S/C13H15ClN4O3/c1-18-6-8(15)12(17-18)13(19)16-9-4-7(14)10(20-2)5-11(9)21-3/h4-6H,15H2,1-3H3,(H,16,19). The average molecular weight is 311 g/mol. The number of aromatic nitrogens is 2. The van der Waals surface area contributed by atoms with E-state index in [9.17, 15) is 4.79 Å². The van der Waals surface area contributed by atoms with E-state index in [0.717, 1.165) is 0 Å². The van der Waals surface area contributed by atoms with Crippen molar-refractivity contribution < 1.29 is 14.3 Å². The molecule has 112 valence electrons. The highest BCUT2D eigenvalue weighted by molar-refractivity contribution is 6.32. The highest BCUT2D eigenvalue weighted by Crippen LogP contribution is 2.36. The second kappa shape index (κ2) is 5.92. The summed E-state index contributed by atoms with van der Waals surface area (Å²) in [7, 11) is 4.65. The van der Waals surface area contributed by atoms with Gasteiger partial charge < -0.3 is 20.5 Å². The number of hydrogen-bond donors (Lipinski definition) is 2. The molecule has 0 spiro atoms. The summed E-state index contributed by atoms with van der Waals surface area (Å²) >= 11 is 6.05. The minimum absolute atomic E-state index is 0.131. The Morgan fingerprint density at radius 2 is 2.00 bits per heavy atom. The van der Waals surface area contributed by atoms with E-state index in [4.69, 9.17) is 26.8 Å². The summed E-state index contributed by atoms with van der Waals surface area (Å²) in [6, 6.07) is 3.12. The zero-order valence-corrected chi connectivity index (χ0v) is 12.6. The number of amides is 1. The number of nitrogens with two attached hydrogens (primary N) is 1. The Labute approximate surface area is 126 Å². The van der Waals surface area contributed by atoms with E-state index in [0.29, 0.717) is 22.2 Å². The largest absolute Gasteiger partial charge is 0.495 e. The molecule has 1 aromatic heterocycles. The van der Waals surface area contributed by atoms with Crippen LogP contribution in [0, 0.1) is 0 Å². The molecule has 0 bridgehead atoms. The smallest absolute Gasteiger partial charge is 0.278 e. The van der Waals surface area contributed by atoms with Crippen LogP contribution in [0.1, 0.15) is 10.5 Å². The fourth-order valence-corrected chi connectivity index (χ4v) is 2.06. The average Bonchev–Trinajstić information content (AvgIpc) is 2.78. The Balaban J connectivity index is 2.32. The summed E-state index contributed by atoms with van der Waals surface area (Å²) in [5, 5.41) is 7.01. The predicted molar refractivity (Wildman–Crippen MR) is 80.1 cm³/mol. The molecule has 3 N–H and O–H groups in total. The van der Waals surface area contributed by atoms with Crippen molar-refractivity contribution in [1.82, 2.24) is 9.78 Å². The zero-order valence-electron chi connectivity index (χ0n) is 11.8. The Morgan fingerprint density at radius 1 is 1.33 bits per heavy atom. The van der Waals surface area contributed by atoms with Crippen molar-refractivity contribution in [3.05, 3.63) is 29.0 Å². The van der Waals surface area contributed by atoms with Gasteiger partial charge in [-0.2, -0.15) is 5.10 Å². The number of hydrogen-bond acceptors (Lipinski definition) is 5. The lowest BCUT2D eigenvalue weighted by Crippen LogP contribution is -2.15.